The van der Waals surface area contributed by atoms with Crippen LogP contribution in [0.15, 0.2) is 24.3 Å². The number of para-hydroxylation sites is 1. The van der Waals surface area contributed by atoms with Crippen molar-refractivity contribution in [3.05, 3.63) is 29.8 Å². The van der Waals surface area contributed by atoms with E-state index in [0.717, 1.165) is 5.56 Å². The highest BCUT2D eigenvalue weighted by atomic mass is 31.1. The van der Waals surface area contributed by atoms with Crippen molar-refractivity contribution in [3.8, 4) is 5.75 Å². The van der Waals surface area contributed by atoms with E-state index in [1.54, 1.807) is 18.2 Å². The van der Waals surface area contributed by atoms with Crippen molar-refractivity contribution in [2.24, 2.45) is 0 Å². The smallest absolute Gasteiger partial charge is 0.304 e. The molecule has 1 N–H and O–H groups in total. The zero-order valence-corrected chi connectivity index (χ0v) is 10.4. The fourth-order valence-corrected chi connectivity index (χ4v) is 1.96. The van der Waals surface area contributed by atoms with Crippen molar-refractivity contribution < 1.29 is 19.0 Å². The number of carbonyl (C=O) groups is 1. The van der Waals surface area contributed by atoms with E-state index in [9.17, 15) is 9.36 Å². The lowest BCUT2D eigenvalue weighted by Gasteiger charge is -2.24. The third kappa shape index (κ3) is 3.11. The normalized spacial score (nSPS) is 11.9. The Balaban J connectivity index is 3.09. The lowest BCUT2D eigenvalue weighted by molar-refractivity contribution is -0.138. The Morgan fingerprint density at radius 3 is 2.62 bits per heavy atom. The van der Waals surface area contributed by atoms with E-state index in [1.165, 1.54) is 0 Å². The van der Waals surface area contributed by atoms with Crippen molar-refractivity contribution in [2.45, 2.75) is 25.7 Å². The summed E-state index contributed by atoms with van der Waals surface area (Å²) in [6, 6.07) is 7.08. The second-order valence-electron chi connectivity index (χ2n) is 4.16. The zero-order chi connectivity index (χ0) is 12.2. The summed E-state index contributed by atoms with van der Waals surface area (Å²) in [7, 11) is -1.34. The average molecular weight is 242 g/mol. The van der Waals surface area contributed by atoms with Crippen LogP contribution in [0.3, 0.4) is 0 Å². The molecule has 88 valence electrons. The summed E-state index contributed by atoms with van der Waals surface area (Å²) < 4.78 is 15.6. The van der Waals surface area contributed by atoms with E-state index in [2.05, 4.69) is 0 Å². The van der Waals surface area contributed by atoms with Crippen molar-refractivity contribution in [2.75, 3.05) is 0 Å². The van der Waals surface area contributed by atoms with Crippen molar-refractivity contribution in [1.29, 1.82) is 0 Å². The van der Waals surface area contributed by atoms with Gasteiger partial charge in [0.2, 0.25) is 8.69 Å². The molecule has 0 saturated carbocycles. The van der Waals surface area contributed by atoms with E-state index in [1.807, 2.05) is 19.9 Å². The molecule has 5 heteroatoms. The molecule has 1 atom stereocenters. The monoisotopic (exact) mass is 242 g/mol. The van der Waals surface area contributed by atoms with Crippen molar-refractivity contribution >= 4 is 14.7 Å². The number of carboxylic acids is 1. The summed E-state index contributed by atoms with van der Waals surface area (Å²) >= 11 is 0. The molecule has 0 fully saturated rings. The van der Waals surface area contributed by atoms with Gasteiger partial charge in [-0.3, -0.25) is 9.36 Å². The van der Waals surface area contributed by atoms with Crippen molar-refractivity contribution in [1.82, 2.24) is 0 Å². The molecule has 4 nitrogen and oxygen atoms in total. The van der Waals surface area contributed by atoms with Crippen LogP contribution in [-0.2, 0) is 14.8 Å². The summed E-state index contributed by atoms with van der Waals surface area (Å²) in [4.78, 5) is 10.8. The molecule has 0 heterocycles. The number of hydrogen-bond donors (Lipinski definition) is 1. The van der Waals surface area contributed by atoms with Crippen LogP contribution < -0.4 is 4.52 Å². The molecule has 0 amide bonds. The summed E-state index contributed by atoms with van der Waals surface area (Å²) in [5, 5.41) is 8.83. The Hall–Kier alpha value is -1.28. The average Bonchev–Trinajstić information content (AvgIpc) is 2.17. The molecule has 0 aliphatic heterocycles. The predicted octanol–water partition coefficient (Wildman–Crippen LogP) is 2.49. The van der Waals surface area contributed by atoms with E-state index in [4.69, 9.17) is 9.63 Å². The standard InChI is InChI=1S/C11H15O4P/c1-11(2,7-10(12)13)8-5-3-4-6-9(8)15-16-14/h3-6H,7,16H2,1-2H3,(H,12,13). The van der Waals surface area contributed by atoms with Crippen LogP contribution in [0, 0.1) is 0 Å². The van der Waals surface area contributed by atoms with Crippen LogP contribution in [-0.4, -0.2) is 11.1 Å². The lowest BCUT2D eigenvalue weighted by atomic mass is 9.81. The molecule has 1 rings (SSSR count). The Labute approximate surface area is 95.5 Å². The van der Waals surface area contributed by atoms with Gasteiger partial charge in [-0.2, -0.15) is 0 Å². The van der Waals surface area contributed by atoms with E-state index in [-0.39, 0.29) is 6.42 Å². The maximum atomic E-state index is 10.8. The molecule has 0 aliphatic rings. The maximum Gasteiger partial charge on any atom is 0.304 e. The van der Waals surface area contributed by atoms with E-state index < -0.39 is 20.1 Å². The Kier molecular flexibility index (Phi) is 4.13. The topological polar surface area (TPSA) is 63.6 Å². The van der Waals surface area contributed by atoms with Gasteiger partial charge in [-0.05, 0) is 6.07 Å². The fourth-order valence-electron chi connectivity index (χ4n) is 1.65. The van der Waals surface area contributed by atoms with Gasteiger partial charge in [0.05, 0.1) is 6.42 Å². The first-order valence-corrected chi connectivity index (χ1v) is 5.83. The molecule has 1 aromatic carbocycles. The molecule has 0 bridgehead atoms. The van der Waals surface area contributed by atoms with Gasteiger partial charge in [0.1, 0.15) is 5.75 Å². The molecule has 1 aromatic rings. The van der Waals surface area contributed by atoms with E-state index in [0.29, 0.717) is 5.75 Å². The van der Waals surface area contributed by atoms with Gasteiger partial charge in [-0.1, -0.05) is 32.0 Å². The number of hydrogen-bond acceptors (Lipinski definition) is 3. The molecule has 0 saturated heterocycles. The molecule has 0 aromatic heterocycles. The third-order valence-corrected chi connectivity index (χ3v) is 2.73. The molecule has 0 aliphatic carbocycles. The zero-order valence-electron chi connectivity index (χ0n) is 9.27. The van der Waals surface area contributed by atoms with Gasteiger partial charge in [-0.15, -0.1) is 0 Å². The summed E-state index contributed by atoms with van der Waals surface area (Å²) in [6.45, 7) is 3.65. The minimum Gasteiger partial charge on any atom is -0.481 e. The number of benzene rings is 1. The molecule has 1 unspecified atom stereocenters. The minimum absolute atomic E-state index is 0.00155. The van der Waals surface area contributed by atoms with Crippen LogP contribution in [0.25, 0.3) is 0 Å². The second kappa shape index (κ2) is 5.17. The Morgan fingerprint density at radius 2 is 2.06 bits per heavy atom. The quantitative estimate of drug-likeness (QED) is 0.805. The molecular weight excluding hydrogens is 227 g/mol. The van der Waals surface area contributed by atoms with Gasteiger partial charge in [-0.25, -0.2) is 0 Å². The molecule has 0 radical (unpaired) electrons. The maximum absolute atomic E-state index is 10.8. The highest BCUT2D eigenvalue weighted by molar-refractivity contribution is 7.17. The first-order valence-electron chi connectivity index (χ1n) is 4.89. The van der Waals surface area contributed by atoms with Gasteiger partial charge < -0.3 is 9.63 Å². The Morgan fingerprint density at radius 1 is 1.44 bits per heavy atom. The SMILES string of the molecule is CC(C)(CC(=O)O)c1ccccc1O[PH2]=O. The van der Waals surface area contributed by atoms with E-state index >= 15 is 0 Å². The summed E-state index contributed by atoms with van der Waals surface area (Å²) in [5.74, 6) is -0.368. The number of carboxylic acid groups (broad SMARTS) is 1. The largest absolute Gasteiger partial charge is 0.481 e. The number of aliphatic carboxylic acids is 1. The van der Waals surface area contributed by atoms with Gasteiger partial charge in [0.25, 0.3) is 0 Å². The summed E-state index contributed by atoms with van der Waals surface area (Å²) in [6.07, 6.45) is 0.00155. The first-order chi connectivity index (χ1) is 7.47. The van der Waals surface area contributed by atoms with Crippen LogP contribution in [0.1, 0.15) is 25.8 Å². The van der Waals surface area contributed by atoms with Crippen molar-refractivity contribution in [3.63, 3.8) is 0 Å². The predicted molar refractivity (Wildman–Crippen MR) is 62.7 cm³/mol. The minimum atomic E-state index is -1.34. The molecule has 0 spiro atoms. The highest BCUT2D eigenvalue weighted by Crippen LogP contribution is 2.35. The van der Waals surface area contributed by atoms with Gasteiger partial charge in [0.15, 0.2) is 0 Å². The van der Waals surface area contributed by atoms with Gasteiger partial charge in [0, 0.05) is 11.0 Å². The lowest BCUT2D eigenvalue weighted by Crippen LogP contribution is -2.22. The third-order valence-electron chi connectivity index (χ3n) is 2.38. The number of rotatable bonds is 5. The van der Waals surface area contributed by atoms with Gasteiger partial charge >= 0.3 is 5.97 Å². The molecule has 16 heavy (non-hydrogen) atoms. The Bertz CT molecular complexity index is 401. The highest BCUT2D eigenvalue weighted by Gasteiger charge is 2.27. The van der Waals surface area contributed by atoms with Crippen LogP contribution in [0.5, 0.6) is 5.75 Å². The van der Waals surface area contributed by atoms with Crippen LogP contribution >= 0.6 is 8.69 Å². The van der Waals surface area contributed by atoms with Crippen LogP contribution in [0.2, 0.25) is 0 Å². The first kappa shape index (κ1) is 12.8. The summed E-state index contributed by atoms with van der Waals surface area (Å²) in [5.41, 5.74) is 0.220. The van der Waals surface area contributed by atoms with Crippen LogP contribution in [0.4, 0.5) is 0 Å². The second-order valence-corrected chi connectivity index (χ2v) is 4.59. The molecular formula is C11H15O4P. The fraction of sp³-hybridized carbons (Fsp3) is 0.364.